The highest BCUT2D eigenvalue weighted by Gasteiger charge is 2.31. The number of nitrogens with zero attached hydrogens (tertiary/aromatic N) is 2. The molecule has 10 heteroatoms. The number of carbonyl (C=O) groups excluding carboxylic acids is 3. The molecule has 0 radical (unpaired) electrons. The molecule has 0 unspecified atom stereocenters. The lowest BCUT2D eigenvalue weighted by atomic mass is 10.0. The van der Waals surface area contributed by atoms with E-state index in [9.17, 15) is 19.5 Å². The van der Waals surface area contributed by atoms with Gasteiger partial charge in [0, 0.05) is 37.6 Å². The van der Waals surface area contributed by atoms with Crippen molar-refractivity contribution in [3.8, 4) is 5.75 Å². The fraction of sp³-hybridized carbons (Fsp3) is 0.280. The number of aromatic hydroxyl groups is 1. The van der Waals surface area contributed by atoms with E-state index in [1.54, 1.807) is 36.5 Å². The van der Waals surface area contributed by atoms with Gasteiger partial charge in [-0.25, -0.2) is 4.98 Å². The summed E-state index contributed by atoms with van der Waals surface area (Å²) in [7, 11) is 1.53. The quantitative estimate of drug-likeness (QED) is 0.332. The van der Waals surface area contributed by atoms with E-state index in [2.05, 4.69) is 15.6 Å². The topological polar surface area (TPSA) is 121 Å². The van der Waals surface area contributed by atoms with Gasteiger partial charge in [-0.1, -0.05) is 24.3 Å². The van der Waals surface area contributed by atoms with Crippen molar-refractivity contribution in [3.63, 3.8) is 0 Å². The molecule has 0 saturated carbocycles. The van der Waals surface area contributed by atoms with Crippen molar-refractivity contribution >= 4 is 34.9 Å². The van der Waals surface area contributed by atoms with Crippen LogP contribution in [0.5, 0.6) is 5.75 Å². The number of rotatable bonds is 12. The molecule has 3 aromatic rings. The van der Waals surface area contributed by atoms with Crippen LogP contribution in [0.3, 0.4) is 0 Å². The number of pyridine rings is 1. The van der Waals surface area contributed by atoms with E-state index in [1.165, 1.54) is 35.5 Å². The first kappa shape index (κ1) is 25.9. The average molecular weight is 497 g/mol. The zero-order valence-corrected chi connectivity index (χ0v) is 20.2. The molecule has 1 aromatic carbocycles. The number of benzene rings is 1. The maximum absolute atomic E-state index is 13.4. The van der Waals surface area contributed by atoms with Crippen LogP contribution in [0.25, 0.3) is 0 Å². The van der Waals surface area contributed by atoms with E-state index in [4.69, 9.17) is 4.74 Å². The summed E-state index contributed by atoms with van der Waals surface area (Å²) in [6.07, 6.45) is 1.40. The van der Waals surface area contributed by atoms with E-state index in [0.717, 1.165) is 4.88 Å². The van der Waals surface area contributed by atoms with E-state index >= 15 is 0 Å². The summed E-state index contributed by atoms with van der Waals surface area (Å²) in [5.74, 6) is -0.626. The molecular weight excluding hydrogens is 468 g/mol. The van der Waals surface area contributed by atoms with Crippen LogP contribution in [0, 0.1) is 0 Å². The maximum atomic E-state index is 13.4. The Morgan fingerprint density at radius 1 is 1.09 bits per heavy atom. The molecule has 0 aliphatic heterocycles. The highest BCUT2D eigenvalue weighted by molar-refractivity contribution is 7.09. The Labute approximate surface area is 207 Å². The molecule has 0 saturated heterocycles. The smallest absolute Gasteiger partial charge is 0.247 e. The summed E-state index contributed by atoms with van der Waals surface area (Å²) in [6.45, 7) is 0.791. The van der Waals surface area contributed by atoms with Crippen LogP contribution >= 0.6 is 11.3 Å². The van der Waals surface area contributed by atoms with Crippen molar-refractivity contribution in [2.45, 2.75) is 25.4 Å². The van der Waals surface area contributed by atoms with Gasteiger partial charge in [-0.3, -0.25) is 14.4 Å². The third-order valence-electron chi connectivity index (χ3n) is 5.10. The summed E-state index contributed by atoms with van der Waals surface area (Å²) in [4.78, 5) is 45.5. The van der Waals surface area contributed by atoms with Crippen molar-refractivity contribution in [1.29, 1.82) is 0 Å². The maximum Gasteiger partial charge on any atom is 0.247 e. The molecule has 1 atom stereocenters. The van der Waals surface area contributed by atoms with E-state index in [1.807, 2.05) is 17.5 Å². The van der Waals surface area contributed by atoms with E-state index < -0.39 is 6.04 Å². The summed E-state index contributed by atoms with van der Waals surface area (Å²) >= 11 is 1.47. The minimum Gasteiger partial charge on any atom is -0.508 e. The van der Waals surface area contributed by atoms with Gasteiger partial charge in [-0.05, 0) is 41.3 Å². The van der Waals surface area contributed by atoms with Crippen LogP contribution in [0.4, 0.5) is 5.82 Å². The Bertz CT molecular complexity index is 1090. The van der Waals surface area contributed by atoms with Crippen molar-refractivity contribution in [2.24, 2.45) is 0 Å². The number of methoxy groups -OCH3 is 1. The molecule has 3 amide bonds. The molecule has 3 N–H and O–H groups in total. The summed E-state index contributed by atoms with van der Waals surface area (Å²) in [5, 5.41) is 17.1. The highest BCUT2D eigenvalue weighted by Crippen LogP contribution is 2.27. The molecule has 184 valence electrons. The lowest BCUT2D eigenvalue weighted by Gasteiger charge is -2.31. The molecule has 3 rings (SSSR count). The predicted octanol–water partition coefficient (Wildman–Crippen LogP) is 3.10. The molecule has 2 aromatic heterocycles. The van der Waals surface area contributed by atoms with Crippen LogP contribution < -0.4 is 10.6 Å². The number of hydrogen-bond acceptors (Lipinski definition) is 7. The van der Waals surface area contributed by atoms with Gasteiger partial charge in [0.05, 0.1) is 13.2 Å². The van der Waals surface area contributed by atoms with Gasteiger partial charge in [0.2, 0.25) is 17.7 Å². The standard InChI is InChI=1S/C25H28N4O5S/c1-34-15-14-27-25(33)24(18-7-9-19(30)10-8-18)29(17-20-5-4-16-35-20)23(32)12-11-22(31)28-21-6-2-3-13-26-21/h2-10,13,16,24,30H,11-12,14-15,17H2,1H3,(H,27,33)(H,26,28,31)/t24-/m0/s1. The Hall–Kier alpha value is -3.76. The molecule has 0 aliphatic rings. The molecule has 2 heterocycles. The summed E-state index contributed by atoms with van der Waals surface area (Å²) in [5.41, 5.74) is 0.542. The molecule has 35 heavy (non-hydrogen) atoms. The Kier molecular flexibility index (Phi) is 9.76. The zero-order valence-electron chi connectivity index (χ0n) is 19.3. The molecular formula is C25H28N4O5S. The monoisotopic (exact) mass is 496 g/mol. The lowest BCUT2D eigenvalue weighted by molar-refractivity contribution is -0.142. The molecule has 0 spiro atoms. The first-order valence-electron chi connectivity index (χ1n) is 11.1. The summed E-state index contributed by atoms with van der Waals surface area (Å²) in [6, 6.07) is 14.1. The normalized spacial score (nSPS) is 11.5. The minimum absolute atomic E-state index is 0.0506. The predicted molar refractivity (Wildman–Crippen MR) is 133 cm³/mol. The van der Waals surface area contributed by atoms with E-state index in [-0.39, 0.29) is 49.4 Å². The van der Waals surface area contributed by atoms with Crippen LogP contribution in [0.2, 0.25) is 0 Å². The molecule has 0 aliphatic carbocycles. The summed E-state index contributed by atoms with van der Waals surface area (Å²) < 4.78 is 5.02. The van der Waals surface area contributed by atoms with Gasteiger partial charge in [0.15, 0.2) is 0 Å². The van der Waals surface area contributed by atoms with Gasteiger partial charge in [0.1, 0.15) is 17.6 Å². The number of phenols is 1. The SMILES string of the molecule is COCCNC(=O)[C@H](c1ccc(O)cc1)N(Cc1cccs1)C(=O)CCC(=O)Nc1ccccn1. The third-order valence-corrected chi connectivity index (χ3v) is 5.96. The second kappa shape index (κ2) is 13.2. The number of amides is 3. The fourth-order valence-corrected chi connectivity index (χ4v) is 4.11. The molecule has 9 nitrogen and oxygen atoms in total. The Morgan fingerprint density at radius 2 is 1.89 bits per heavy atom. The molecule has 0 bridgehead atoms. The van der Waals surface area contributed by atoms with Crippen LogP contribution in [0.15, 0.2) is 66.2 Å². The number of thiophene rings is 1. The van der Waals surface area contributed by atoms with Crippen molar-refractivity contribution in [1.82, 2.24) is 15.2 Å². The number of carbonyl (C=O) groups is 3. The second-order valence-corrected chi connectivity index (χ2v) is 8.67. The van der Waals surface area contributed by atoms with Crippen LogP contribution in [0.1, 0.15) is 29.3 Å². The van der Waals surface area contributed by atoms with Gasteiger partial charge in [0.25, 0.3) is 0 Å². The number of hydrogen-bond donors (Lipinski definition) is 3. The lowest BCUT2D eigenvalue weighted by Crippen LogP contribution is -2.44. The van der Waals surface area contributed by atoms with Crippen molar-refractivity contribution < 1.29 is 24.2 Å². The minimum atomic E-state index is -0.957. The van der Waals surface area contributed by atoms with E-state index in [0.29, 0.717) is 18.0 Å². The Morgan fingerprint density at radius 3 is 2.54 bits per heavy atom. The van der Waals surface area contributed by atoms with Crippen molar-refractivity contribution in [3.05, 3.63) is 76.6 Å². The third kappa shape index (κ3) is 7.90. The van der Waals surface area contributed by atoms with Gasteiger partial charge < -0.3 is 25.4 Å². The number of anilines is 1. The Balaban J connectivity index is 1.81. The van der Waals surface area contributed by atoms with Crippen LogP contribution in [-0.2, 0) is 25.7 Å². The number of ether oxygens (including phenoxy) is 1. The van der Waals surface area contributed by atoms with Crippen molar-refractivity contribution in [2.75, 3.05) is 25.6 Å². The highest BCUT2D eigenvalue weighted by atomic mass is 32.1. The number of nitrogens with one attached hydrogen (secondary N) is 2. The fourth-order valence-electron chi connectivity index (χ4n) is 3.40. The first-order chi connectivity index (χ1) is 17.0. The first-order valence-corrected chi connectivity index (χ1v) is 11.9. The van der Waals surface area contributed by atoms with Gasteiger partial charge >= 0.3 is 0 Å². The second-order valence-electron chi connectivity index (χ2n) is 7.64. The average Bonchev–Trinajstić information content (AvgIpc) is 3.37. The largest absolute Gasteiger partial charge is 0.508 e. The van der Waals surface area contributed by atoms with Gasteiger partial charge in [-0.15, -0.1) is 11.3 Å². The number of aromatic nitrogens is 1. The van der Waals surface area contributed by atoms with Crippen LogP contribution in [-0.4, -0.2) is 53.0 Å². The zero-order chi connectivity index (χ0) is 25.0. The number of phenolic OH excluding ortho intramolecular Hbond substituents is 1. The molecule has 0 fully saturated rings. The van der Waals surface area contributed by atoms with Gasteiger partial charge in [-0.2, -0.15) is 0 Å².